The fourth-order valence-electron chi connectivity index (χ4n) is 18.1. The van der Waals surface area contributed by atoms with E-state index in [1.165, 1.54) is 27.7 Å². The molecule has 9 rings (SSSR count). The Labute approximate surface area is 364 Å². The number of Topliss-reactive ketones (excluding diaryl/α,β-unsaturated/α-hetero) is 1. The lowest BCUT2D eigenvalue weighted by Gasteiger charge is -2.68. The summed E-state index contributed by atoms with van der Waals surface area (Å²) >= 11 is 0. The number of aliphatic hydroxyl groups excluding tert-OH is 4. The topological polar surface area (TPSA) is 212 Å². The summed E-state index contributed by atoms with van der Waals surface area (Å²) < 4.78 is 31.7. The largest absolute Gasteiger partial charge is 0.483 e. The highest BCUT2D eigenvalue weighted by atomic mass is 16.6. The molecule has 0 aromatic carbocycles. The first-order valence-electron chi connectivity index (χ1n) is 23.1. The smallest absolute Gasteiger partial charge is 0.302 e. The molecule has 14 nitrogen and oxygen atoms in total. The van der Waals surface area contributed by atoms with Gasteiger partial charge in [-0.15, -0.1) is 0 Å². The predicted octanol–water partition coefficient (Wildman–Crippen LogP) is 4.49. The van der Waals surface area contributed by atoms with Crippen LogP contribution < -0.4 is 0 Å². The van der Waals surface area contributed by atoms with Gasteiger partial charge in [-0.25, -0.2) is 0 Å². The Morgan fingerprint density at radius 3 is 1.52 bits per heavy atom. The van der Waals surface area contributed by atoms with Crippen molar-refractivity contribution in [2.75, 3.05) is 0 Å². The maximum absolute atomic E-state index is 16.1. The maximum atomic E-state index is 16.1. The average Bonchev–Trinajstić information content (AvgIpc) is 3.45. The van der Waals surface area contributed by atoms with E-state index < -0.39 is 140 Å². The van der Waals surface area contributed by atoms with Gasteiger partial charge in [0.2, 0.25) is 0 Å². The second kappa shape index (κ2) is 13.7. The predicted molar refractivity (Wildman–Crippen MR) is 218 cm³/mol. The van der Waals surface area contributed by atoms with Crippen molar-refractivity contribution in [2.45, 2.75) is 188 Å². The van der Waals surface area contributed by atoms with E-state index in [-0.39, 0.29) is 37.4 Å². The summed E-state index contributed by atoms with van der Waals surface area (Å²) in [6.07, 6.45) is -3.95. The van der Waals surface area contributed by atoms with Crippen molar-refractivity contribution in [1.82, 2.24) is 0 Å². The van der Waals surface area contributed by atoms with E-state index in [0.717, 1.165) is 5.57 Å². The molecule has 62 heavy (non-hydrogen) atoms. The average molecular weight is 869 g/mol. The number of hydrogen-bond acceptors (Lipinski definition) is 14. The van der Waals surface area contributed by atoms with Crippen molar-refractivity contribution in [3.8, 4) is 0 Å². The first-order valence-corrected chi connectivity index (χ1v) is 23.1. The van der Waals surface area contributed by atoms with Gasteiger partial charge in [0, 0.05) is 103 Å². The highest BCUT2D eigenvalue weighted by molar-refractivity contribution is 5.97. The Hall–Kier alpha value is -3.07. The summed E-state index contributed by atoms with van der Waals surface area (Å²) in [6.45, 7) is 17.1. The van der Waals surface area contributed by atoms with Crippen LogP contribution in [0.2, 0.25) is 0 Å². The third-order valence-corrected chi connectivity index (χ3v) is 19.4. The lowest BCUT2D eigenvalue weighted by Crippen LogP contribution is -2.72. The molecule has 0 aromatic rings. The molecular weight excluding hydrogens is 801 g/mol. The number of hydrogen-bond donors (Lipinski definition) is 4. The van der Waals surface area contributed by atoms with Crippen LogP contribution in [0.1, 0.15) is 133 Å². The molecule has 0 unspecified atom stereocenters. The zero-order valence-corrected chi connectivity index (χ0v) is 38.0. The minimum atomic E-state index is -1.38. The number of ketones is 1. The Morgan fingerprint density at radius 2 is 1.03 bits per heavy atom. The minimum Gasteiger partial charge on any atom is -0.483 e. The van der Waals surface area contributed by atoms with Crippen LogP contribution in [-0.2, 0) is 47.7 Å². The van der Waals surface area contributed by atoms with Gasteiger partial charge < -0.3 is 44.1 Å². The second-order valence-corrected chi connectivity index (χ2v) is 23.1. The zero-order valence-electron chi connectivity index (χ0n) is 38.0. The van der Waals surface area contributed by atoms with Gasteiger partial charge in [-0.05, 0) is 62.9 Å². The standard InChI is InChI=1S/C48H68O14/c1-21(49)58-30-13-25-17-46(19-28(53)36-42(5,6)34(60-23(3)51)15-32(55)44(36,9)38(30)46)40-27(25)11-12-48(62-40)26-14-31(59-22(2)50)39-45(10)33(56)16-35(61-24(4)52)43(7,8)37(45)29(54)20-47(39,18-26)41(48)57/h25-26,28-39,53-56H,11-20H2,1-10H3/t25-,26-,28+,29+,30+,31+,32+,33+,34+,35+,36-,37-,38+,39+,44-,45-,46+,47+,48+/m1/s1. The van der Waals surface area contributed by atoms with Crippen LogP contribution >= 0.6 is 0 Å². The Bertz CT molecular complexity index is 2010. The van der Waals surface area contributed by atoms with Crippen molar-refractivity contribution >= 4 is 29.7 Å². The van der Waals surface area contributed by atoms with Crippen molar-refractivity contribution in [3.63, 3.8) is 0 Å². The number of aliphatic hydroxyl groups is 4. The van der Waals surface area contributed by atoms with Crippen molar-refractivity contribution in [2.24, 2.45) is 68.0 Å². The molecule has 3 spiro atoms. The molecule has 0 radical (unpaired) electrons. The van der Waals surface area contributed by atoms with Crippen LogP contribution in [0.4, 0.5) is 0 Å². The molecule has 1 heterocycles. The summed E-state index contributed by atoms with van der Waals surface area (Å²) in [7, 11) is 0. The molecule has 344 valence electrons. The number of esters is 4. The van der Waals surface area contributed by atoms with E-state index >= 15 is 4.79 Å². The van der Waals surface area contributed by atoms with Gasteiger partial charge in [-0.2, -0.15) is 0 Å². The lowest BCUT2D eigenvalue weighted by atomic mass is 9.38. The molecule has 7 saturated carbocycles. The summed E-state index contributed by atoms with van der Waals surface area (Å²) in [5.74, 6) is -4.36. The number of carbonyl (C=O) groups excluding carboxylic acids is 5. The van der Waals surface area contributed by atoms with Crippen LogP contribution in [-0.4, -0.2) is 105 Å². The molecule has 1 aliphatic heterocycles. The molecule has 9 aliphatic rings. The van der Waals surface area contributed by atoms with Gasteiger partial charge in [-0.1, -0.05) is 41.5 Å². The Balaban J connectivity index is 1.15. The lowest BCUT2D eigenvalue weighted by molar-refractivity contribution is -0.284. The van der Waals surface area contributed by atoms with Crippen LogP contribution in [0.15, 0.2) is 11.3 Å². The van der Waals surface area contributed by atoms with E-state index in [9.17, 15) is 39.6 Å². The van der Waals surface area contributed by atoms with Gasteiger partial charge in [0.15, 0.2) is 11.4 Å². The van der Waals surface area contributed by atoms with Gasteiger partial charge in [0.1, 0.15) is 30.2 Å². The molecule has 8 aliphatic carbocycles. The van der Waals surface area contributed by atoms with Crippen LogP contribution in [0.5, 0.6) is 0 Å². The van der Waals surface area contributed by atoms with Crippen molar-refractivity contribution in [1.29, 1.82) is 0 Å². The van der Waals surface area contributed by atoms with Gasteiger partial charge in [0.25, 0.3) is 0 Å². The quantitative estimate of drug-likeness (QED) is 0.227. The van der Waals surface area contributed by atoms with E-state index in [0.29, 0.717) is 44.3 Å². The van der Waals surface area contributed by atoms with Crippen LogP contribution in [0.25, 0.3) is 0 Å². The fraction of sp³-hybridized carbons (Fsp3) is 0.854. The third kappa shape index (κ3) is 5.50. The molecule has 4 bridgehead atoms. The van der Waals surface area contributed by atoms with E-state index in [1.54, 1.807) is 0 Å². The second-order valence-electron chi connectivity index (χ2n) is 23.1. The highest BCUT2D eigenvalue weighted by Gasteiger charge is 2.81. The number of ether oxygens (including phenoxy) is 5. The van der Waals surface area contributed by atoms with Crippen molar-refractivity contribution < 1.29 is 68.1 Å². The van der Waals surface area contributed by atoms with Gasteiger partial charge >= 0.3 is 23.9 Å². The number of carbonyl (C=O) groups is 5. The fourth-order valence-corrected chi connectivity index (χ4v) is 18.1. The maximum Gasteiger partial charge on any atom is 0.302 e. The molecule has 19 atom stereocenters. The van der Waals surface area contributed by atoms with Crippen LogP contribution in [0, 0.1) is 68.0 Å². The SMILES string of the molecule is CC(=O)O[C@H]1C[C@@H]2C[C@@]3(C[C@H](O)[C@@H]4C(C)(C)[C@@H](OC(C)=O)C[C@H](O)[C@@]4(C)[C@H]13)C(=O)[C@]21CCC2=C(O1)[C@]13C[C@H]2C[C@H](OC(C)=O)[C@H]1[C@@]1(C)[C@H]([C@@H](O)C3)C(C)(C)[C@@H](OC(C)=O)C[C@@H]1O. The number of fused-ring (bicyclic) bond motifs is 8. The number of allylic oxidation sites excluding steroid dienone is 2. The summed E-state index contributed by atoms with van der Waals surface area (Å²) in [4.78, 5) is 66.7. The highest BCUT2D eigenvalue weighted by Crippen LogP contribution is 2.78. The Morgan fingerprint density at radius 1 is 0.581 bits per heavy atom. The summed E-state index contributed by atoms with van der Waals surface area (Å²) in [6, 6.07) is 0. The number of rotatable bonds is 4. The van der Waals surface area contributed by atoms with Crippen molar-refractivity contribution in [3.05, 3.63) is 11.3 Å². The Kier molecular flexibility index (Phi) is 9.78. The van der Waals surface area contributed by atoms with E-state index in [1.807, 2.05) is 41.5 Å². The van der Waals surface area contributed by atoms with E-state index in [2.05, 4.69) is 0 Å². The molecule has 7 fully saturated rings. The normalized spacial score (nSPS) is 51.4. The zero-order chi connectivity index (χ0) is 45.2. The first-order chi connectivity index (χ1) is 28.7. The third-order valence-electron chi connectivity index (χ3n) is 19.4. The molecular formula is C48H68O14. The summed E-state index contributed by atoms with van der Waals surface area (Å²) in [5, 5.41) is 49.7. The molecule has 0 amide bonds. The van der Waals surface area contributed by atoms with E-state index in [4.69, 9.17) is 23.7 Å². The van der Waals surface area contributed by atoms with Gasteiger partial charge in [0.05, 0.1) is 24.4 Å². The molecule has 0 aromatic heterocycles. The minimum absolute atomic E-state index is 0.0547. The summed E-state index contributed by atoms with van der Waals surface area (Å²) in [5.41, 5.74) is -6.30. The molecule has 4 N–H and O–H groups in total. The molecule has 0 saturated heterocycles. The first kappa shape index (κ1) is 44.1. The monoisotopic (exact) mass is 868 g/mol. The van der Waals surface area contributed by atoms with Gasteiger partial charge in [-0.3, -0.25) is 24.0 Å². The van der Waals surface area contributed by atoms with Crippen LogP contribution in [0.3, 0.4) is 0 Å². The molecule has 14 heteroatoms.